The van der Waals surface area contributed by atoms with Gasteiger partial charge >= 0.3 is 0 Å². The Bertz CT molecular complexity index is 590. The van der Waals surface area contributed by atoms with Crippen LogP contribution in [0.25, 0.3) is 0 Å². The molecule has 1 amide bonds. The molecular weight excluding hydrogens is 278 g/mol. The van der Waals surface area contributed by atoms with Crippen molar-refractivity contribution < 1.29 is 4.79 Å². The van der Waals surface area contributed by atoms with E-state index in [1.54, 1.807) is 0 Å². The summed E-state index contributed by atoms with van der Waals surface area (Å²) < 4.78 is 0. The highest BCUT2D eigenvalue weighted by Crippen LogP contribution is 2.20. The topological polar surface area (TPSA) is 29.1 Å². The number of benzene rings is 2. The average Bonchev–Trinajstić information content (AvgIpc) is 3.33. The van der Waals surface area contributed by atoms with Crippen LogP contribution < -0.4 is 5.32 Å². The van der Waals surface area contributed by atoms with Gasteiger partial charge in [0.1, 0.15) is 0 Å². The van der Waals surface area contributed by atoms with Crippen LogP contribution in [0.5, 0.6) is 0 Å². The van der Waals surface area contributed by atoms with Gasteiger partial charge < -0.3 is 5.32 Å². The van der Waals surface area contributed by atoms with Crippen LogP contribution in [0, 0.1) is 0 Å². The predicted octanol–water partition coefficient (Wildman–Crippen LogP) is 4.01. The van der Waals surface area contributed by atoms with E-state index in [9.17, 15) is 4.79 Å². The molecule has 2 aromatic rings. The molecule has 0 unspecified atom stereocenters. The van der Waals surface area contributed by atoms with Gasteiger partial charge in [-0.1, -0.05) is 42.5 Å². The Kier molecular flexibility index (Phi) is 4.61. The zero-order chi connectivity index (χ0) is 14.5. The molecule has 108 valence electrons. The first-order valence-corrected chi connectivity index (χ1v) is 8.48. The number of thioether (sulfide) groups is 1. The van der Waals surface area contributed by atoms with E-state index in [0.717, 1.165) is 29.9 Å². The predicted molar refractivity (Wildman–Crippen MR) is 88.4 cm³/mol. The van der Waals surface area contributed by atoms with Crippen molar-refractivity contribution in [3.8, 4) is 0 Å². The summed E-state index contributed by atoms with van der Waals surface area (Å²) in [5.74, 6) is 2.05. The van der Waals surface area contributed by atoms with Crippen molar-refractivity contribution in [3.05, 3.63) is 71.3 Å². The summed E-state index contributed by atoms with van der Waals surface area (Å²) in [6, 6.07) is 18.9. The first kappa shape index (κ1) is 14.2. The summed E-state index contributed by atoms with van der Waals surface area (Å²) >= 11 is 1.89. The Morgan fingerprint density at radius 1 is 0.952 bits per heavy atom. The van der Waals surface area contributed by atoms with Crippen molar-refractivity contribution in [2.75, 3.05) is 0 Å². The summed E-state index contributed by atoms with van der Waals surface area (Å²) in [5.41, 5.74) is 3.38. The highest BCUT2D eigenvalue weighted by Gasteiger charge is 2.23. The Labute approximate surface area is 130 Å². The van der Waals surface area contributed by atoms with Crippen LogP contribution in [0.2, 0.25) is 0 Å². The van der Waals surface area contributed by atoms with Crippen molar-refractivity contribution in [1.82, 2.24) is 5.32 Å². The van der Waals surface area contributed by atoms with Crippen LogP contribution in [0.3, 0.4) is 0 Å². The minimum atomic E-state index is 0.0565. The van der Waals surface area contributed by atoms with Crippen LogP contribution in [0.15, 0.2) is 54.6 Å². The number of rotatable bonds is 6. The first-order valence-electron chi connectivity index (χ1n) is 7.33. The monoisotopic (exact) mass is 297 g/mol. The summed E-state index contributed by atoms with van der Waals surface area (Å²) in [7, 11) is 0. The van der Waals surface area contributed by atoms with E-state index in [-0.39, 0.29) is 5.91 Å². The molecular formula is C18H19NOS. The molecule has 2 nitrogen and oxygen atoms in total. The van der Waals surface area contributed by atoms with E-state index >= 15 is 0 Å². The van der Waals surface area contributed by atoms with Gasteiger partial charge in [0.05, 0.1) is 0 Å². The van der Waals surface area contributed by atoms with Crippen molar-refractivity contribution >= 4 is 17.7 Å². The lowest BCUT2D eigenvalue weighted by molar-refractivity contribution is 0.0951. The Hall–Kier alpha value is -1.74. The fourth-order valence-electron chi connectivity index (χ4n) is 2.11. The summed E-state index contributed by atoms with van der Waals surface area (Å²) in [6.45, 7) is 0. The second-order valence-corrected chi connectivity index (χ2v) is 6.41. The van der Waals surface area contributed by atoms with E-state index in [4.69, 9.17) is 0 Å². The molecule has 1 aliphatic rings. The molecule has 1 N–H and O–H groups in total. The normalized spacial score (nSPS) is 13.9. The number of carbonyl (C=O) groups is 1. The maximum absolute atomic E-state index is 11.9. The standard InChI is InChI=1S/C18H19NOS/c20-18(19-17-10-11-17)16-8-6-15(7-9-16)13-21-12-14-4-2-1-3-5-14/h1-9,17H,10-13H2,(H,19,20). The molecule has 0 atom stereocenters. The van der Waals surface area contributed by atoms with Crippen LogP contribution in [0.4, 0.5) is 0 Å². The van der Waals surface area contributed by atoms with Gasteiger partial charge in [-0.05, 0) is 36.1 Å². The Morgan fingerprint density at radius 3 is 2.19 bits per heavy atom. The lowest BCUT2D eigenvalue weighted by atomic mass is 10.1. The van der Waals surface area contributed by atoms with Crippen LogP contribution >= 0.6 is 11.8 Å². The van der Waals surface area contributed by atoms with Crippen LogP contribution in [-0.2, 0) is 11.5 Å². The smallest absolute Gasteiger partial charge is 0.251 e. The SMILES string of the molecule is O=C(NC1CC1)c1ccc(CSCc2ccccc2)cc1. The molecule has 1 saturated carbocycles. The lowest BCUT2D eigenvalue weighted by Gasteiger charge is -2.05. The number of nitrogens with one attached hydrogen (secondary N) is 1. The molecule has 3 heteroatoms. The number of hydrogen-bond donors (Lipinski definition) is 1. The number of amides is 1. The first-order chi connectivity index (χ1) is 10.3. The highest BCUT2D eigenvalue weighted by atomic mass is 32.2. The second kappa shape index (κ2) is 6.81. The van der Waals surface area contributed by atoms with Crippen molar-refractivity contribution in [1.29, 1.82) is 0 Å². The summed E-state index contributed by atoms with van der Waals surface area (Å²) in [5, 5.41) is 3.01. The fourth-order valence-corrected chi connectivity index (χ4v) is 3.07. The largest absolute Gasteiger partial charge is 0.349 e. The van der Waals surface area contributed by atoms with Crippen molar-refractivity contribution in [2.24, 2.45) is 0 Å². The molecule has 1 aliphatic carbocycles. The van der Waals surface area contributed by atoms with E-state index in [1.807, 2.05) is 30.0 Å². The van der Waals surface area contributed by atoms with Gasteiger partial charge in [-0.25, -0.2) is 0 Å². The molecule has 0 radical (unpaired) electrons. The molecule has 0 aromatic heterocycles. The maximum atomic E-state index is 11.9. The summed E-state index contributed by atoms with van der Waals surface area (Å²) in [4.78, 5) is 11.9. The van der Waals surface area contributed by atoms with Gasteiger partial charge in [0.25, 0.3) is 5.91 Å². The van der Waals surface area contributed by atoms with Crippen LogP contribution in [-0.4, -0.2) is 11.9 Å². The number of hydrogen-bond acceptors (Lipinski definition) is 2. The number of carbonyl (C=O) groups excluding carboxylic acids is 1. The summed E-state index contributed by atoms with van der Waals surface area (Å²) in [6.07, 6.45) is 2.25. The third-order valence-electron chi connectivity index (χ3n) is 3.51. The quantitative estimate of drug-likeness (QED) is 0.873. The van der Waals surface area contributed by atoms with Crippen molar-refractivity contribution in [3.63, 3.8) is 0 Å². The van der Waals surface area contributed by atoms with Crippen molar-refractivity contribution in [2.45, 2.75) is 30.4 Å². The molecule has 0 aliphatic heterocycles. The van der Waals surface area contributed by atoms with Gasteiger partial charge in [0.2, 0.25) is 0 Å². The molecule has 0 bridgehead atoms. The zero-order valence-corrected chi connectivity index (χ0v) is 12.7. The van der Waals surface area contributed by atoms with E-state index in [1.165, 1.54) is 11.1 Å². The van der Waals surface area contributed by atoms with E-state index in [2.05, 4.69) is 41.7 Å². The minimum absolute atomic E-state index is 0.0565. The highest BCUT2D eigenvalue weighted by molar-refractivity contribution is 7.97. The molecule has 2 aromatic carbocycles. The van der Waals surface area contributed by atoms with E-state index in [0.29, 0.717) is 6.04 Å². The average molecular weight is 297 g/mol. The molecule has 3 rings (SSSR count). The molecule has 21 heavy (non-hydrogen) atoms. The third-order valence-corrected chi connectivity index (χ3v) is 4.58. The minimum Gasteiger partial charge on any atom is -0.349 e. The van der Waals surface area contributed by atoms with Gasteiger partial charge in [0, 0.05) is 23.1 Å². The lowest BCUT2D eigenvalue weighted by Crippen LogP contribution is -2.25. The zero-order valence-electron chi connectivity index (χ0n) is 11.9. The van der Waals surface area contributed by atoms with Gasteiger partial charge in [0.15, 0.2) is 0 Å². The third kappa shape index (κ3) is 4.36. The molecule has 0 saturated heterocycles. The second-order valence-electron chi connectivity index (χ2n) is 5.42. The Balaban J connectivity index is 1.48. The maximum Gasteiger partial charge on any atom is 0.251 e. The van der Waals surface area contributed by atoms with Gasteiger partial charge in [-0.2, -0.15) is 11.8 Å². The van der Waals surface area contributed by atoms with Crippen LogP contribution in [0.1, 0.15) is 34.3 Å². The molecule has 0 spiro atoms. The van der Waals surface area contributed by atoms with Gasteiger partial charge in [-0.15, -0.1) is 0 Å². The molecule has 1 fully saturated rings. The Morgan fingerprint density at radius 2 is 1.57 bits per heavy atom. The van der Waals surface area contributed by atoms with E-state index < -0.39 is 0 Å². The van der Waals surface area contributed by atoms with Gasteiger partial charge in [-0.3, -0.25) is 4.79 Å². The molecule has 0 heterocycles. The fraction of sp³-hybridized carbons (Fsp3) is 0.278.